The molecule has 2 atom stereocenters. The van der Waals surface area contributed by atoms with Crippen molar-refractivity contribution >= 4 is 34.2 Å². The van der Waals surface area contributed by atoms with Gasteiger partial charge in [-0.05, 0) is 5.56 Å². The standard InChI is InChI=1S/C11H11NOS2/c1-7-9(8-5-3-2-4-6-8)15-11(14)12-10(7)13/h2-7,9H,1H3,(H,12,13,14)/t7-,9+/m1/s1. The largest absolute Gasteiger partial charge is 0.311 e. The molecule has 0 radical (unpaired) electrons. The first-order valence-corrected chi connectivity index (χ1v) is 6.03. The second kappa shape index (κ2) is 4.33. The summed E-state index contributed by atoms with van der Waals surface area (Å²) < 4.78 is 0.576. The third kappa shape index (κ3) is 2.21. The van der Waals surface area contributed by atoms with Gasteiger partial charge in [-0.2, -0.15) is 0 Å². The summed E-state index contributed by atoms with van der Waals surface area (Å²) in [5, 5.41) is 2.83. The first kappa shape index (κ1) is 10.6. The van der Waals surface area contributed by atoms with Crippen molar-refractivity contribution < 1.29 is 4.79 Å². The summed E-state index contributed by atoms with van der Waals surface area (Å²) in [5.41, 5.74) is 1.16. The Kier molecular flexibility index (Phi) is 3.07. The van der Waals surface area contributed by atoms with Gasteiger partial charge in [0.1, 0.15) is 4.32 Å². The average Bonchev–Trinajstić information content (AvgIpc) is 2.24. The molecule has 1 aromatic rings. The van der Waals surface area contributed by atoms with Gasteiger partial charge in [-0.25, -0.2) is 0 Å². The van der Waals surface area contributed by atoms with E-state index in [2.05, 4.69) is 5.32 Å². The normalized spacial score (nSPS) is 26.2. The summed E-state index contributed by atoms with van der Waals surface area (Å²) in [6, 6.07) is 10.0. The predicted octanol–water partition coefficient (Wildman–Crippen LogP) is 2.51. The van der Waals surface area contributed by atoms with Crippen LogP contribution in [0.1, 0.15) is 17.7 Å². The first-order valence-electron chi connectivity index (χ1n) is 4.75. The van der Waals surface area contributed by atoms with Gasteiger partial charge in [-0.15, -0.1) is 0 Å². The van der Waals surface area contributed by atoms with Gasteiger partial charge in [0.2, 0.25) is 5.91 Å². The van der Waals surface area contributed by atoms with Crippen LogP contribution in [0.25, 0.3) is 0 Å². The van der Waals surface area contributed by atoms with E-state index in [4.69, 9.17) is 12.2 Å². The highest BCUT2D eigenvalue weighted by molar-refractivity contribution is 8.23. The third-order valence-corrected chi connectivity index (χ3v) is 4.10. The number of hydrogen-bond acceptors (Lipinski definition) is 3. The lowest BCUT2D eigenvalue weighted by molar-refractivity contribution is -0.123. The van der Waals surface area contributed by atoms with Gasteiger partial charge in [0.05, 0.1) is 5.92 Å². The molecule has 0 unspecified atom stereocenters. The summed E-state index contributed by atoms with van der Waals surface area (Å²) in [7, 11) is 0. The van der Waals surface area contributed by atoms with Gasteiger partial charge in [0, 0.05) is 5.25 Å². The van der Waals surface area contributed by atoms with Crippen LogP contribution >= 0.6 is 24.0 Å². The van der Waals surface area contributed by atoms with E-state index in [1.165, 1.54) is 0 Å². The van der Waals surface area contributed by atoms with Crippen molar-refractivity contribution in [3.8, 4) is 0 Å². The predicted molar refractivity (Wildman–Crippen MR) is 66.7 cm³/mol. The minimum Gasteiger partial charge on any atom is -0.311 e. The molecule has 78 valence electrons. The van der Waals surface area contributed by atoms with Crippen LogP contribution in [0.3, 0.4) is 0 Å². The van der Waals surface area contributed by atoms with Crippen molar-refractivity contribution in [2.24, 2.45) is 5.92 Å². The fourth-order valence-corrected chi connectivity index (χ4v) is 3.02. The Morgan fingerprint density at radius 3 is 2.67 bits per heavy atom. The van der Waals surface area contributed by atoms with E-state index in [9.17, 15) is 4.79 Å². The molecule has 0 aliphatic carbocycles. The molecule has 0 saturated carbocycles. The minimum absolute atomic E-state index is 0.0209. The molecule has 1 aliphatic rings. The topological polar surface area (TPSA) is 29.1 Å². The molecule has 1 heterocycles. The van der Waals surface area contributed by atoms with Crippen LogP contribution in [-0.2, 0) is 4.79 Å². The molecule has 1 aromatic carbocycles. The third-order valence-electron chi connectivity index (χ3n) is 2.46. The monoisotopic (exact) mass is 237 g/mol. The van der Waals surface area contributed by atoms with Gasteiger partial charge in [-0.3, -0.25) is 4.79 Å². The molecule has 1 fully saturated rings. The van der Waals surface area contributed by atoms with E-state index in [1.54, 1.807) is 11.8 Å². The lowest BCUT2D eigenvalue weighted by Crippen LogP contribution is -2.39. The van der Waals surface area contributed by atoms with E-state index in [1.807, 2.05) is 37.3 Å². The van der Waals surface area contributed by atoms with Crippen molar-refractivity contribution in [2.45, 2.75) is 12.2 Å². The zero-order valence-corrected chi connectivity index (χ0v) is 9.90. The maximum Gasteiger partial charge on any atom is 0.229 e. The summed E-state index contributed by atoms with van der Waals surface area (Å²) in [5.74, 6) is -0.0169. The van der Waals surface area contributed by atoms with Crippen molar-refractivity contribution in [3.63, 3.8) is 0 Å². The number of nitrogens with one attached hydrogen (secondary N) is 1. The molecular formula is C11H11NOS2. The summed E-state index contributed by atoms with van der Waals surface area (Å²) in [4.78, 5) is 11.6. The minimum atomic E-state index is -0.0379. The molecule has 0 aromatic heterocycles. The fraction of sp³-hybridized carbons (Fsp3) is 0.273. The lowest BCUT2D eigenvalue weighted by atomic mass is 9.99. The van der Waals surface area contributed by atoms with E-state index >= 15 is 0 Å². The summed E-state index contributed by atoms with van der Waals surface area (Å²) in [6.07, 6.45) is 0. The number of hydrogen-bond donors (Lipinski definition) is 1. The second-order valence-corrected chi connectivity index (χ2v) is 5.33. The Labute approximate surface area is 98.4 Å². The number of carbonyl (C=O) groups excluding carboxylic acids is 1. The molecule has 0 bridgehead atoms. The number of benzene rings is 1. The summed E-state index contributed by atoms with van der Waals surface area (Å²) >= 11 is 6.59. The maximum absolute atomic E-state index is 11.6. The molecule has 4 heteroatoms. The number of thioether (sulfide) groups is 1. The lowest BCUT2D eigenvalue weighted by Gasteiger charge is -2.28. The van der Waals surface area contributed by atoms with Gasteiger partial charge in [0.15, 0.2) is 0 Å². The highest BCUT2D eigenvalue weighted by Crippen LogP contribution is 2.39. The molecule has 1 aliphatic heterocycles. The van der Waals surface area contributed by atoms with Crippen molar-refractivity contribution in [1.29, 1.82) is 0 Å². The van der Waals surface area contributed by atoms with Gasteiger partial charge in [-0.1, -0.05) is 61.2 Å². The number of rotatable bonds is 1. The Hall–Kier alpha value is -0.870. The molecule has 1 amide bonds. The van der Waals surface area contributed by atoms with Gasteiger partial charge in [0.25, 0.3) is 0 Å². The zero-order valence-electron chi connectivity index (χ0n) is 8.27. The molecule has 1 N–H and O–H groups in total. The number of thiocarbonyl (C=S) groups is 1. The van der Waals surface area contributed by atoms with Crippen LogP contribution in [0.2, 0.25) is 0 Å². The Bertz CT molecular complexity index is 391. The molecule has 0 spiro atoms. The van der Waals surface area contributed by atoms with Gasteiger partial charge >= 0.3 is 0 Å². The molecular weight excluding hydrogens is 226 g/mol. The smallest absolute Gasteiger partial charge is 0.229 e. The van der Waals surface area contributed by atoms with Crippen molar-refractivity contribution in [3.05, 3.63) is 35.9 Å². The highest BCUT2D eigenvalue weighted by Gasteiger charge is 2.32. The highest BCUT2D eigenvalue weighted by atomic mass is 32.2. The first-order chi connectivity index (χ1) is 7.18. The van der Waals surface area contributed by atoms with Crippen LogP contribution in [0.4, 0.5) is 0 Å². The zero-order chi connectivity index (χ0) is 10.8. The van der Waals surface area contributed by atoms with Crippen LogP contribution in [0.15, 0.2) is 30.3 Å². The Morgan fingerprint density at radius 2 is 2.00 bits per heavy atom. The van der Waals surface area contributed by atoms with Crippen molar-refractivity contribution in [2.75, 3.05) is 0 Å². The van der Waals surface area contributed by atoms with Crippen LogP contribution in [0.5, 0.6) is 0 Å². The Morgan fingerprint density at radius 1 is 1.33 bits per heavy atom. The van der Waals surface area contributed by atoms with E-state index in [0.717, 1.165) is 5.56 Å². The number of amides is 1. The maximum atomic E-state index is 11.6. The number of carbonyl (C=O) groups is 1. The molecule has 1 saturated heterocycles. The van der Waals surface area contributed by atoms with E-state index in [-0.39, 0.29) is 17.1 Å². The SMILES string of the molecule is C[C@H]1C(=O)NC(=S)S[C@@H]1c1ccccc1. The quantitative estimate of drug-likeness (QED) is 0.761. The molecule has 2 rings (SSSR count). The van der Waals surface area contributed by atoms with Crippen LogP contribution < -0.4 is 5.32 Å². The summed E-state index contributed by atoms with van der Waals surface area (Å²) in [6.45, 7) is 1.93. The van der Waals surface area contributed by atoms with Crippen molar-refractivity contribution in [1.82, 2.24) is 5.32 Å². The van der Waals surface area contributed by atoms with E-state index < -0.39 is 0 Å². The average molecular weight is 237 g/mol. The molecule has 2 nitrogen and oxygen atoms in total. The van der Waals surface area contributed by atoms with Crippen LogP contribution in [0, 0.1) is 5.92 Å². The molecule has 15 heavy (non-hydrogen) atoms. The van der Waals surface area contributed by atoms with Gasteiger partial charge < -0.3 is 5.32 Å². The fourth-order valence-electron chi connectivity index (χ4n) is 1.60. The Balaban J connectivity index is 2.28. The van der Waals surface area contributed by atoms with Crippen LogP contribution in [-0.4, -0.2) is 10.2 Å². The second-order valence-electron chi connectivity index (χ2n) is 3.51. The van der Waals surface area contributed by atoms with E-state index in [0.29, 0.717) is 4.32 Å².